The van der Waals surface area contributed by atoms with Crippen molar-refractivity contribution in [2.45, 2.75) is 18.2 Å². The number of aryl methyl sites for hydroxylation is 1. The monoisotopic (exact) mass is 219 g/mol. The van der Waals surface area contributed by atoms with Crippen LogP contribution in [0.25, 0.3) is 10.9 Å². The van der Waals surface area contributed by atoms with Gasteiger partial charge in [-0.05, 0) is 37.1 Å². The van der Waals surface area contributed by atoms with E-state index >= 15 is 0 Å². The molecule has 0 spiro atoms. The van der Waals surface area contributed by atoms with Crippen LogP contribution in [-0.2, 0) is 6.42 Å². The molecule has 0 atom stereocenters. The van der Waals surface area contributed by atoms with Crippen molar-refractivity contribution in [3.8, 4) is 0 Å². The van der Waals surface area contributed by atoms with Gasteiger partial charge in [-0.2, -0.15) is 0 Å². The van der Waals surface area contributed by atoms with Crippen molar-refractivity contribution in [1.82, 2.24) is 4.98 Å². The molecule has 0 aliphatic carbocycles. The van der Waals surface area contributed by atoms with E-state index in [1.54, 1.807) is 12.1 Å². The SMILES string of the molecule is Cc1nc2ccc(F)cc2c2c1CCS2. The van der Waals surface area contributed by atoms with Crippen molar-refractivity contribution in [2.75, 3.05) is 5.75 Å². The van der Waals surface area contributed by atoms with E-state index in [-0.39, 0.29) is 5.82 Å². The van der Waals surface area contributed by atoms with Crippen LogP contribution in [0, 0.1) is 12.7 Å². The second-order valence-electron chi connectivity index (χ2n) is 3.76. The number of aromatic nitrogens is 1. The Balaban J connectivity index is 2.44. The van der Waals surface area contributed by atoms with E-state index in [1.165, 1.54) is 16.5 Å². The Labute approximate surface area is 91.7 Å². The maximum absolute atomic E-state index is 13.2. The van der Waals surface area contributed by atoms with E-state index < -0.39 is 0 Å². The molecule has 1 aliphatic heterocycles. The van der Waals surface area contributed by atoms with Gasteiger partial charge in [0, 0.05) is 21.7 Å². The summed E-state index contributed by atoms with van der Waals surface area (Å²) in [6.45, 7) is 2.04. The molecule has 3 rings (SSSR count). The minimum absolute atomic E-state index is 0.178. The Bertz CT molecular complexity index is 551. The fourth-order valence-corrected chi connectivity index (χ4v) is 3.33. The molecule has 1 aromatic carbocycles. The van der Waals surface area contributed by atoms with Crippen molar-refractivity contribution in [2.24, 2.45) is 0 Å². The summed E-state index contributed by atoms with van der Waals surface area (Å²) in [6.07, 6.45) is 1.06. The number of hydrogen-bond donors (Lipinski definition) is 0. The highest BCUT2D eigenvalue weighted by atomic mass is 32.2. The number of halogens is 1. The molecule has 1 nitrogen and oxygen atoms in total. The highest BCUT2D eigenvalue weighted by Gasteiger charge is 2.18. The minimum Gasteiger partial charge on any atom is -0.253 e. The van der Waals surface area contributed by atoms with Gasteiger partial charge >= 0.3 is 0 Å². The van der Waals surface area contributed by atoms with Gasteiger partial charge in [0.2, 0.25) is 0 Å². The van der Waals surface area contributed by atoms with Crippen molar-refractivity contribution in [3.63, 3.8) is 0 Å². The van der Waals surface area contributed by atoms with E-state index in [2.05, 4.69) is 4.98 Å². The second kappa shape index (κ2) is 3.20. The van der Waals surface area contributed by atoms with Crippen LogP contribution in [0.15, 0.2) is 23.1 Å². The highest BCUT2D eigenvalue weighted by Crippen LogP contribution is 2.38. The Morgan fingerprint density at radius 3 is 3.13 bits per heavy atom. The molecule has 0 amide bonds. The molecule has 0 radical (unpaired) electrons. The Morgan fingerprint density at radius 2 is 2.27 bits per heavy atom. The Hall–Kier alpha value is -1.09. The number of nitrogens with zero attached hydrogens (tertiary/aromatic N) is 1. The average Bonchev–Trinajstić information content (AvgIpc) is 2.69. The van der Waals surface area contributed by atoms with Gasteiger partial charge < -0.3 is 0 Å². The molecule has 76 valence electrons. The van der Waals surface area contributed by atoms with Gasteiger partial charge in [0.1, 0.15) is 5.82 Å². The third kappa shape index (κ3) is 1.34. The van der Waals surface area contributed by atoms with Crippen LogP contribution < -0.4 is 0 Å². The average molecular weight is 219 g/mol. The molecule has 0 unspecified atom stereocenters. The van der Waals surface area contributed by atoms with E-state index in [0.29, 0.717) is 0 Å². The van der Waals surface area contributed by atoms with E-state index in [1.807, 2.05) is 18.7 Å². The van der Waals surface area contributed by atoms with Crippen LogP contribution in [-0.4, -0.2) is 10.7 Å². The number of benzene rings is 1. The standard InChI is InChI=1S/C12H10FNS/c1-7-9-4-5-15-12(9)10-6-8(13)2-3-11(10)14-7/h2-3,6H,4-5H2,1H3. The number of rotatable bonds is 0. The molecule has 2 heterocycles. The maximum Gasteiger partial charge on any atom is 0.124 e. The number of thioether (sulfide) groups is 1. The summed E-state index contributed by atoms with van der Waals surface area (Å²) in [4.78, 5) is 5.74. The normalized spacial score (nSPS) is 14.5. The van der Waals surface area contributed by atoms with Crippen LogP contribution in [0.4, 0.5) is 4.39 Å². The summed E-state index contributed by atoms with van der Waals surface area (Å²) in [6, 6.07) is 4.83. The fourth-order valence-electron chi connectivity index (χ4n) is 2.08. The van der Waals surface area contributed by atoms with Gasteiger partial charge in [-0.1, -0.05) is 0 Å². The highest BCUT2D eigenvalue weighted by molar-refractivity contribution is 7.99. The summed E-state index contributed by atoms with van der Waals surface area (Å²) >= 11 is 1.81. The molecule has 2 aromatic rings. The predicted molar refractivity (Wildman–Crippen MR) is 60.9 cm³/mol. The molecule has 1 aromatic heterocycles. The van der Waals surface area contributed by atoms with Gasteiger partial charge in [0.05, 0.1) is 5.52 Å². The Kier molecular flexibility index (Phi) is 1.96. The summed E-state index contributed by atoms with van der Waals surface area (Å²) < 4.78 is 13.2. The quantitative estimate of drug-likeness (QED) is 0.674. The largest absolute Gasteiger partial charge is 0.253 e. The Morgan fingerprint density at radius 1 is 1.40 bits per heavy atom. The zero-order valence-electron chi connectivity index (χ0n) is 8.38. The van der Waals surface area contributed by atoms with Crippen LogP contribution in [0.5, 0.6) is 0 Å². The van der Waals surface area contributed by atoms with Crippen molar-refractivity contribution >= 4 is 22.7 Å². The van der Waals surface area contributed by atoms with Crippen LogP contribution >= 0.6 is 11.8 Å². The molecule has 0 bridgehead atoms. The first-order valence-electron chi connectivity index (χ1n) is 4.97. The molecule has 0 saturated carbocycles. The molecule has 3 heteroatoms. The lowest BCUT2D eigenvalue weighted by atomic mass is 10.1. The number of pyridine rings is 1. The first-order valence-corrected chi connectivity index (χ1v) is 5.96. The van der Waals surface area contributed by atoms with Gasteiger partial charge in [0.25, 0.3) is 0 Å². The molecule has 0 N–H and O–H groups in total. The second-order valence-corrected chi connectivity index (χ2v) is 4.87. The summed E-state index contributed by atoms with van der Waals surface area (Å²) in [5.41, 5.74) is 3.30. The lowest BCUT2D eigenvalue weighted by Gasteiger charge is -2.07. The smallest absolute Gasteiger partial charge is 0.124 e. The van der Waals surface area contributed by atoms with Crippen LogP contribution in [0.3, 0.4) is 0 Å². The van der Waals surface area contributed by atoms with Gasteiger partial charge in [-0.3, -0.25) is 4.98 Å². The lowest BCUT2D eigenvalue weighted by Crippen LogP contribution is -1.93. The summed E-state index contributed by atoms with van der Waals surface area (Å²) in [5, 5.41) is 0.970. The van der Waals surface area contributed by atoms with Crippen molar-refractivity contribution in [3.05, 3.63) is 35.3 Å². The van der Waals surface area contributed by atoms with Crippen molar-refractivity contribution in [1.29, 1.82) is 0 Å². The fraction of sp³-hybridized carbons (Fsp3) is 0.250. The van der Waals surface area contributed by atoms with Gasteiger partial charge in [-0.15, -0.1) is 11.8 Å². The number of hydrogen-bond acceptors (Lipinski definition) is 2. The van der Waals surface area contributed by atoms with Crippen LogP contribution in [0.2, 0.25) is 0 Å². The maximum atomic E-state index is 13.2. The molecule has 1 aliphatic rings. The third-order valence-electron chi connectivity index (χ3n) is 2.80. The third-order valence-corrected chi connectivity index (χ3v) is 3.96. The number of fused-ring (bicyclic) bond motifs is 3. The van der Waals surface area contributed by atoms with Crippen LogP contribution in [0.1, 0.15) is 11.3 Å². The molecular formula is C12H10FNS. The molecule has 0 saturated heterocycles. The van der Waals surface area contributed by atoms with E-state index in [0.717, 1.165) is 28.8 Å². The molecular weight excluding hydrogens is 209 g/mol. The van der Waals surface area contributed by atoms with Gasteiger partial charge in [0.15, 0.2) is 0 Å². The summed E-state index contributed by atoms with van der Waals surface area (Å²) in [5.74, 6) is 0.913. The van der Waals surface area contributed by atoms with E-state index in [4.69, 9.17) is 0 Å². The zero-order valence-corrected chi connectivity index (χ0v) is 9.20. The van der Waals surface area contributed by atoms with Crippen molar-refractivity contribution < 1.29 is 4.39 Å². The van der Waals surface area contributed by atoms with E-state index in [9.17, 15) is 4.39 Å². The first kappa shape index (κ1) is 9.16. The molecule has 15 heavy (non-hydrogen) atoms. The van der Waals surface area contributed by atoms with Gasteiger partial charge in [-0.25, -0.2) is 4.39 Å². The zero-order chi connectivity index (χ0) is 10.4. The first-order chi connectivity index (χ1) is 7.25. The predicted octanol–water partition coefficient (Wildman–Crippen LogP) is 3.33. The molecule has 0 fully saturated rings. The topological polar surface area (TPSA) is 12.9 Å². The minimum atomic E-state index is -0.178. The lowest BCUT2D eigenvalue weighted by molar-refractivity contribution is 0.629. The summed E-state index contributed by atoms with van der Waals surface area (Å²) in [7, 11) is 0.